The first-order valence-electron chi connectivity index (χ1n) is 15.3. The Bertz CT molecular complexity index is 1230. The lowest BCUT2D eigenvalue weighted by molar-refractivity contribution is -0.899. The predicted octanol–water partition coefficient (Wildman–Crippen LogP) is 4.47. The molecule has 0 bridgehead atoms. The molecule has 2 fully saturated rings. The number of carbonyl (C=O) groups is 2. The summed E-state index contributed by atoms with van der Waals surface area (Å²) in [6.45, 7) is 3.46. The minimum absolute atomic E-state index is 0.0737. The van der Waals surface area contributed by atoms with Gasteiger partial charge in [-0.25, -0.2) is 4.79 Å². The number of aryl methyl sites for hydroxylation is 2. The number of benzene rings is 2. The normalized spacial score (nSPS) is 23.4. The van der Waals surface area contributed by atoms with Crippen molar-refractivity contribution in [2.24, 2.45) is 5.92 Å². The Kier molecular flexibility index (Phi) is 10.8. The number of nitrogens with zero attached hydrogens (tertiary/aromatic N) is 1. The van der Waals surface area contributed by atoms with Crippen LogP contribution in [0.15, 0.2) is 48.5 Å². The second kappa shape index (κ2) is 14.1. The fraction of sp³-hybridized carbons (Fsp3) is 0.576. The molecule has 3 aliphatic rings. The summed E-state index contributed by atoms with van der Waals surface area (Å²) in [6, 6.07) is 16.0. The molecule has 0 radical (unpaired) electrons. The molecule has 1 saturated heterocycles. The van der Waals surface area contributed by atoms with Crippen LogP contribution in [-0.2, 0) is 32.8 Å². The van der Waals surface area contributed by atoms with E-state index in [4.69, 9.17) is 19.4 Å². The van der Waals surface area contributed by atoms with Gasteiger partial charge in [0.2, 0.25) is 0 Å². The van der Waals surface area contributed by atoms with E-state index < -0.39 is 23.7 Å². The number of fused-ring (bicyclic) bond motifs is 1. The number of alkyl halides is 3. The molecular weight excluding hydrogens is 563 g/mol. The zero-order valence-corrected chi connectivity index (χ0v) is 24.7. The number of quaternary nitrogens is 1. The fourth-order valence-electron chi connectivity index (χ4n) is 6.66. The lowest BCUT2D eigenvalue weighted by atomic mass is 9.80. The molecule has 2 aliphatic carbocycles. The summed E-state index contributed by atoms with van der Waals surface area (Å²) in [7, 11) is 2.24. The van der Waals surface area contributed by atoms with Crippen LogP contribution in [0.1, 0.15) is 68.1 Å². The highest BCUT2D eigenvalue weighted by molar-refractivity contribution is 5.81. The van der Waals surface area contributed by atoms with Gasteiger partial charge in [-0.2, -0.15) is 13.2 Å². The number of hydrogen-bond acceptors (Lipinski definition) is 6. The monoisotopic (exact) mass is 605 g/mol. The maximum Gasteiger partial charge on any atom is 0.430 e. The Hall–Kier alpha value is -3.11. The molecule has 43 heavy (non-hydrogen) atoms. The number of esters is 1. The number of aliphatic hydroxyl groups is 1. The summed E-state index contributed by atoms with van der Waals surface area (Å²) >= 11 is 0. The third kappa shape index (κ3) is 8.50. The zero-order chi connectivity index (χ0) is 31.1. The number of likely N-dealkylation sites (tertiary alicyclic amines) is 1. The molecule has 0 aromatic heterocycles. The van der Waals surface area contributed by atoms with Crippen molar-refractivity contribution >= 4 is 11.9 Å². The average Bonchev–Trinajstić information content (AvgIpc) is 3.66. The molecule has 1 aliphatic heterocycles. The van der Waals surface area contributed by atoms with E-state index in [1.54, 1.807) is 0 Å². The van der Waals surface area contributed by atoms with Crippen LogP contribution >= 0.6 is 0 Å². The summed E-state index contributed by atoms with van der Waals surface area (Å²) in [6.07, 6.45) is 5.23. The summed E-state index contributed by atoms with van der Waals surface area (Å²) in [5.74, 6) is -2.56. The zero-order valence-electron chi connectivity index (χ0n) is 24.7. The smallest absolute Gasteiger partial charge is 0.430 e. The number of aliphatic carboxylic acids is 1. The fourth-order valence-corrected chi connectivity index (χ4v) is 6.66. The minimum Gasteiger partial charge on any atom is -0.542 e. The standard InChI is InChI=1S/C31H42NO4.C2HF3O2/c1-32(19-9-21-35-28-17-16-24-10-5-6-11-25(24)22-28)20-18-29(23-32)36-30(33)31(34,27-14-7-8-15-27)26-12-3-2-4-13-26;3-2(4,5)1(6)7/h2-4,12-13,16-17,22,27,29,34H,5-11,14-15,18-21,23H2,1H3;(H,6,7)/q+1;/p-1. The molecule has 0 amide bonds. The molecule has 2 aromatic carbocycles. The first-order valence-corrected chi connectivity index (χ1v) is 15.3. The van der Waals surface area contributed by atoms with E-state index in [9.17, 15) is 23.1 Å². The van der Waals surface area contributed by atoms with Crippen LogP contribution in [0.2, 0.25) is 0 Å². The molecule has 1 saturated carbocycles. The summed E-state index contributed by atoms with van der Waals surface area (Å²) in [5, 5.41) is 20.5. The molecule has 7 nitrogen and oxygen atoms in total. The maximum absolute atomic E-state index is 13.4. The second-order valence-electron chi connectivity index (χ2n) is 12.3. The SMILES string of the molecule is C[N+]1(CCCOc2ccc3c(c2)CCCC3)CCC(OC(=O)C(O)(c2ccccc2)C2CCCC2)C1.O=C([O-])C(F)(F)F. The van der Waals surface area contributed by atoms with Crippen molar-refractivity contribution in [3.8, 4) is 5.75 Å². The Balaban J connectivity index is 0.000000541. The van der Waals surface area contributed by atoms with Crippen molar-refractivity contribution in [2.75, 3.05) is 33.3 Å². The summed E-state index contributed by atoms with van der Waals surface area (Å²) < 4.78 is 44.5. The second-order valence-corrected chi connectivity index (χ2v) is 12.3. The molecular formula is C33H42F3NO6. The van der Waals surface area contributed by atoms with E-state index in [2.05, 4.69) is 25.2 Å². The quantitative estimate of drug-likeness (QED) is 0.258. The Morgan fingerprint density at radius 2 is 1.63 bits per heavy atom. The summed E-state index contributed by atoms with van der Waals surface area (Å²) in [5.41, 5.74) is 2.05. The topological polar surface area (TPSA) is 95.9 Å². The van der Waals surface area contributed by atoms with E-state index in [-0.39, 0.29) is 12.0 Å². The van der Waals surface area contributed by atoms with Gasteiger partial charge < -0.3 is 29.0 Å². The van der Waals surface area contributed by atoms with Crippen LogP contribution in [0.4, 0.5) is 13.2 Å². The largest absolute Gasteiger partial charge is 0.542 e. The van der Waals surface area contributed by atoms with Gasteiger partial charge in [-0.1, -0.05) is 49.2 Å². The van der Waals surface area contributed by atoms with Gasteiger partial charge in [0.1, 0.15) is 18.3 Å². The maximum atomic E-state index is 13.4. The third-order valence-electron chi connectivity index (χ3n) is 9.04. The molecule has 2 aromatic rings. The molecule has 10 heteroatoms. The number of likely N-dealkylation sites (N-methyl/N-ethyl adjacent to an activating group) is 1. The molecule has 3 unspecified atom stereocenters. The Morgan fingerprint density at radius 1 is 0.977 bits per heavy atom. The van der Waals surface area contributed by atoms with Gasteiger partial charge in [0.15, 0.2) is 11.7 Å². The van der Waals surface area contributed by atoms with Crippen molar-refractivity contribution in [2.45, 2.75) is 82.1 Å². The van der Waals surface area contributed by atoms with Crippen LogP contribution in [0.3, 0.4) is 0 Å². The number of rotatable bonds is 9. The van der Waals surface area contributed by atoms with Crippen LogP contribution in [0.25, 0.3) is 0 Å². The molecule has 0 spiro atoms. The highest BCUT2D eigenvalue weighted by atomic mass is 19.4. The number of carboxylic acids is 1. The number of hydrogen-bond donors (Lipinski definition) is 1. The molecule has 5 rings (SSSR count). The Labute approximate surface area is 251 Å². The molecule has 1 heterocycles. The summed E-state index contributed by atoms with van der Waals surface area (Å²) in [4.78, 5) is 22.2. The molecule has 1 N–H and O–H groups in total. The number of ether oxygens (including phenoxy) is 2. The van der Waals surface area contributed by atoms with Gasteiger partial charge in [0.05, 0.1) is 26.7 Å². The van der Waals surface area contributed by atoms with Crippen molar-refractivity contribution in [1.29, 1.82) is 0 Å². The van der Waals surface area contributed by atoms with Gasteiger partial charge in [-0.15, -0.1) is 0 Å². The highest BCUT2D eigenvalue weighted by Gasteiger charge is 2.49. The van der Waals surface area contributed by atoms with Gasteiger partial charge in [-0.05, 0) is 67.3 Å². The van der Waals surface area contributed by atoms with E-state index in [1.807, 2.05) is 30.3 Å². The van der Waals surface area contributed by atoms with Crippen LogP contribution in [0.5, 0.6) is 5.75 Å². The van der Waals surface area contributed by atoms with E-state index >= 15 is 0 Å². The van der Waals surface area contributed by atoms with Gasteiger partial charge in [0.25, 0.3) is 0 Å². The van der Waals surface area contributed by atoms with Crippen molar-refractivity contribution in [3.05, 3.63) is 65.2 Å². The first kappa shape index (κ1) is 32.8. The number of carboxylic acid groups (broad SMARTS) is 1. The van der Waals surface area contributed by atoms with E-state index in [1.165, 1.54) is 36.8 Å². The first-order chi connectivity index (χ1) is 20.4. The van der Waals surface area contributed by atoms with Gasteiger partial charge >= 0.3 is 12.1 Å². The van der Waals surface area contributed by atoms with E-state index in [0.29, 0.717) is 12.2 Å². The highest BCUT2D eigenvalue weighted by Crippen LogP contribution is 2.42. The number of halogens is 3. The predicted molar refractivity (Wildman–Crippen MR) is 152 cm³/mol. The van der Waals surface area contributed by atoms with Crippen LogP contribution in [-0.4, -0.2) is 67.1 Å². The number of carbonyl (C=O) groups excluding carboxylic acids is 2. The average molecular weight is 606 g/mol. The Morgan fingerprint density at radius 3 is 2.28 bits per heavy atom. The van der Waals surface area contributed by atoms with Crippen LogP contribution in [0, 0.1) is 5.92 Å². The van der Waals surface area contributed by atoms with Gasteiger partial charge in [0, 0.05) is 18.8 Å². The van der Waals surface area contributed by atoms with Crippen molar-refractivity contribution < 1.29 is 46.9 Å². The van der Waals surface area contributed by atoms with Gasteiger partial charge in [-0.3, -0.25) is 0 Å². The van der Waals surface area contributed by atoms with Crippen LogP contribution < -0.4 is 9.84 Å². The molecule has 236 valence electrons. The third-order valence-corrected chi connectivity index (χ3v) is 9.04. The molecule has 3 atom stereocenters. The minimum atomic E-state index is -5.19. The van der Waals surface area contributed by atoms with Crippen molar-refractivity contribution in [1.82, 2.24) is 0 Å². The lowest BCUT2D eigenvalue weighted by Gasteiger charge is -2.33. The lowest BCUT2D eigenvalue weighted by Crippen LogP contribution is -2.47. The van der Waals surface area contributed by atoms with Crippen molar-refractivity contribution in [3.63, 3.8) is 0 Å². The van der Waals surface area contributed by atoms with E-state index in [0.717, 1.165) is 68.4 Å².